The van der Waals surface area contributed by atoms with Crippen LogP contribution in [0.5, 0.6) is 0 Å². The summed E-state index contributed by atoms with van der Waals surface area (Å²) in [5.74, 6) is 0. The highest BCUT2D eigenvalue weighted by Crippen LogP contribution is 2.12. The molecule has 4 nitrogen and oxygen atoms in total. The van der Waals surface area contributed by atoms with Gasteiger partial charge in [-0.1, -0.05) is 41.0 Å². The lowest BCUT2D eigenvalue weighted by molar-refractivity contribution is 0.870. The molecule has 0 aromatic carbocycles. The van der Waals surface area contributed by atoms with Crippen LogP contribution in [0.3, 0.4) is 0 Å². The zero-order valence-electron chi connectivity index (χ0n) is 9.49. The summed E-state index contributed by atoms with van der Waals surface area (Å²) in [6.07, 6.45) is 2.72. The van der Waals surface area contributed by atoms with Crippen LogP contribution in [0, 0.1) is 0 Å². The minimum absolute atomic E-state index is 0.384. The molecule has 13 heavy (non-hydrogen) atoms. The van der Waals surface area contributed by atoms with Gasteiger partial charge in [0.2, 0.25) is 0 Å². The zero-order valence-corrected chi connectivity index (χ0v) is 9.49. The monoisotopic (exact) mass is 186 g/mol. The summed E-state index contributed by atoms with van der Waals surface area (Å²) in [4.78, 5) is 0. The molecule has 0 atom stereocenters. The van der Waals surface area contributed by atoms with E-state index in [-0.39, 0.29) is 0 Å². The maximum Gasteiger partial charge on any atom is 0.180 e. The molecule has 0 aromatic heterocycles. The van der Waals surface area contributed by atoms with Crippen LogP contribution < -0.4 is 0 Å². The summed E-state index contributed by atoms with van der Waals surface area (Å²) in [5.41, 5.74) is 0. The van der Waals surface area contributed by atoms with E-state index in [1.807, 2.05) is 13.8 Å². The fraction of sp³-hybridized carbons (Fsp3) is 1.00. The van der Waals surface area contributed by atoms with Gasteiger partial charge < -0.3 is 0 Å². The van der Waals surface area contributed by atoms with Gasteiger partial charge in [0.15, 0.2) is 12.8 Å². The van der Waals surface area contributed by atoms with E-state index in [9.17, 15) is 0 Å². The third kappa shape index (κ3) is 35.1. The molecule has 0 radical (unpaired) electrons. The third-order valence-corrected chi connectivity index (χ3v) is 0.785. The van der Waals surface area contributed by atoms with Gasteiger partial charge in [-0.3, -0.25) is 0 Å². The molecule has 0 spiro atoms. The van der Waals surface area contributed by atoms with Crippen molar-refractivity contribution in [3.63, 3.8) is 0 Å². The third-order valence-electron chi connectivity index (χ3n) is 0.785. The predicted octanol–water partition coefficient (Wildman–Crippen LogP) is 4.04. The van der Waals surface area contributed by atoms with E-state index < -0.39 is 0 Å². The normalized spacial score (nSPS) is 13.9. The van der Waals surface area contributed by atoms with Crippen LogP contribution in [0.4, 0.5) is 0 Å². The van der Waals surface area contributed by atoms with Crippen molar-refractivity contribution in [1.82, 2.24) is 0 Å². The van der Waals surface area contributed by atoms with Gasteiger partial charge in [-0.25, -0.2) is 0 Å². The van der Waals surface area contributed by atoms with Gasteiger partial charge in [0.25, 0.3) is 0 Å². The van der Waals surface area contributed by atoms with Gasteiger partial charge >= 0.3 is 0 Å². The maximum absolute atomic E-state index is 3.65. The second-order valence-electron chi connectivity index (χ2n) is 2.25. The first kappa shape index (κ1) is 14.7. The first-order valence-corrected chi connectivity index (χ1v) is 5.08. The van der Waals surface area contributed by atoms with Gasteiger partial charge in [-0.05, 0) is 6.42 Å². The summed E-state index contributed by atoms with van der Waals surface area (Å²) >= 11 is 0. The van der Waals surface area contributed by atoms with Crippen LogP contribution in [0.15, 0.2) is 20.5 Å². The first-order chi connectivity index (χ1) is 6.35. The summed E-state index contributed by atoms with van der Waals surface area (Å²) in [5, 5.41) is 14.0. The van der Waals surface area contributed by atoms with E-state index >= 15 is 0 Å². The van der Waals surface area contributed by atoms with Crippen molar-refractivity contribution in [2.45, 2.75) is 53.6 Å². The molecule has 2 rings (SSSR count). The predicted molar refractivity (Wildman–Crippen MR) is 56.0 cm³/mol. The number of nitrogens with zero attached hydrogens (tertiary/aromatic N) is 4. The smallest absolute Gasteiger partial charge is 0.166 e. The van der Waals surface area contributed by atoms with Gasteiger partial charge in [-0.2, -0.15) is 20.5 Å². The molecule has 2 aliphatic rings. The second-order valence-corrected chi connectivity index (χ2v) is 2.25. The standard InChI is InChI=1S/C3H6N2.C3H8.C2H6.CH2N2/c1-2-3-4-5-3;1-3-2;1-2;1-2-3-1/h3H,2H2,1H3;3H2,1-2H3;1-2H3;1H2. The first-order valence-electron chi connectivity index (χ1n) is 5.08. The lowest BCUT2D eigenvalue weighted by atomic mass is 10.5. The molecule has 0 aromatic rings. The summed E-state index contributed by atoms with van der Waals surface area (Å²) in [6, 6.07) is 0. The Hall–Kier alpha value is -0.800. The SMILES string of the molecule is C1N=N1.CC.CCC.CCC1N=N1. The molecule has 0 saturated carbocycles. The Labute approximate surface area is 81.6 Å². The van der Waals surface area contributed by atoms with Crippen molar-refractivity contribution in [2.75, 3.05) is 6.67 Å². The Kier molecular flexibility index (Phi) is 15.6. The highest BCUT2D eigenvalue weighted by atomic mass is 15.4. The molecule has 0 fully saturated rings. The molecular weight excluding hydrogens is 164 g/mol. The molecule has 4 heteroatoms. The van der Waals surface area contributed by atoms with E-state index in [1.165, 1.54) is 6.42 Å². The molecule has 0 amide bonds. The van der Waals surface area contributed by atoms with Crippen molar-refractivity contribution in [3.8, 4) is 0 Å². The minimum atomic E-state index is 0.384. The van der Waals surface area contributed by atoms with E-state index in [2.05, 4.69) is 41.2 Å². The minimum Gasteiger partial charge on any atom is -0.166 e. The summed E-state index contributed by atoms with van der Waals surface area (Å²) in [6.45, 7) is 11.1. The molecule has 0 N–H and O–H groups in total. The zero-order chi connectivity index (χ0) is 10.5. The molecule has 0 bridgehead atoms. The van der Waals surface area contributed by atoms with Crippen LogP contribution in [0.2, 0.25) is 0 Å². The van der Waals surface area contributed by atoms with Crippen LogP contribution >= 0.6 is 0 Å². The Morgan fingerprint density at radius 1 is 1.00 bits per heavy atom. The average molecular weight is 186 g/mol. The fourth-order valence-electron chi connectivity index (χ4n) is 0.210. The highest BCUT2D eigenvalue weighted by molar-refractivity contribution is 4.65. The molecule has 0 unspecified atom stereocenters. The molecule has 0 saturated heterocycles. The van der Waals surface area contributed by atoms with Crippen LogP contribution in [-0.4, -0.2) is 12.8 Å². The molecule has 2 aliphatic heterocycles. The van der Waals surface area contributed by atoms with E-state index in [1.54, 1.807) is 0 Å². The molecular formula is C9H22N4. The van der Waals surface area contributed by atoms with Crippen LogP contribution in [-0.2, 0) is 0 Å². The topological polar surface area (TPSA) is 49.4 Å². The molecule has 0 aliphatic carbocycles. The fourth-order valence-corrected chi connectivity index (χ4v) is 0.210. The number of rotatable bonds is 1. The van der Waals surface area contributed by atoms with Crippen LogP contribution in [0.25, 0.3) is 0 Å². The Morgan fingerprint density at radius 3 is 1.31 bits per heavy atom. The van der Waals surface area contributed by atoms with Gasteiger partial charge in [-0.15, -0.1) is 0 Å². The molecule has 78 valence electrons. The summed E-state index contributed by atoms with van der Waals surface area (Å²) in [7, 11) is 0. The van der Waals surface area contributed by atoms with E-state index in [0.717, 1.165) is 13.1 Å². The second kappa shape index (κ2) is 13.8. The average Bonchev–Trinajstić information content (AvgIpc) is 3.01. The van der Waals surface area contributed by atoms with Crippen molar-refractivity contribution in [2.24, 2.45) is 20.5 Å². The number of hydrogen-bond donors (Lipinski definition) is 0. The Balaban J connectivity index is 0. The Bertz CT molecular complexity index is 122. The van der Waals surface area contributed by atoms with Crippen molar-refractivity contribution >= 4 is 0 Å². The molecule has 2 heterocycles. The quantitative estimate of drug-likeness (QED) is 0.593. The number of hydrogen-bond acceptors (Lipinski definition) is 4. The van der Waals surface area contributed by atoms with E-state index in [4.69, 9.17) is 0 Å². The van der Waals surface area contributed by atoms with Crippen molar-refractivity contribution < 1.29 is 0 Å². The summed E-state index contributed by atoms with van der Waals surface area (Å²) < 4.78 is 0. The van der Waals surface area contributed by atoms with E-state index in [0.29, 0.717) is 6.17 Å². The van der Waals surface area contributed by atoms with Gasteiger partial charge in [0.1, 0.15) is 0 Å². The highest BCUT2D eigenvalue weighted by Gasteiger charge is 2.09. The van der Waals surface area contributed by atoms with Gasteiger partial charge in [0, 0.05) is 0 Å². The van der Waals surface area contributed by atoms with Crippen molar-refractivity contribution in [3.05, 3.63) is 0 Å². The largest absolute Gasteiger partial charge is 0.180 e. The van der Waals surface area contributed by atoms with Crippen molar-refractivity contribution in [1.29, 1.82) is 0 Å². The van der Waals surface area contributed by atoms with Crippen LogP contribution in [0.1, 0.15) is 47.5 Å². The lowest BCUT2D eigenvalue weighted by Gasteiger charge is -1.68. The van der Waals surface area contributed by atoms with Gasteiger partial charge in [0.05, 0.1) is 0 Å². The Morgan fingerprint density at radius 2 is 1.31 bits per heavy atom. The maximum atomic E-state index is 3.65. The lowest BCUT2D eigenvalue weighted by Crippen LogP contribution is -1.72.